The van der Waals surface area contributed by atoms with Gasteiger partial charge in [-0.25, -0.2) is 19.1 Å². The maximum Gasteiger partial charge on any atom is 0.332 e. The molecule has 3 rings (SSSR count). The van der Waals surface area contributed by atoms with Crippen molar-refractivity contribution >= 4 is 40.8 Å². The Kier molecular flexibility index (Phi) is 6.72. The van der Waals surface area contributed by atoms with Gasteiger partial charge in [-0.15, -0.1) is 0 Å². The Bertz CT molecular complexity index is 1060. The van der Waals surface area contributed by atoms with Crippen molar-refractivity contribution in [2.24, 2.45) is 0 Å². The summed E-state index contributed by atoms with van der Waals surface area (Å²) in [5.41, 5.74) is -0.201. The number of anilines is 4. The lowest BCUT2D eigenvalue weighted by Crippen LogP contribution is -2.40. The summed E-state index contributed by atoms with van der Waals surface area (Å²) in [5.74, 6) is 0.0423. The van der Waals surface area contributed by atoms with Crippen molar-refractivity contribution in [3.8, 4) is 0 Å². The van der Waals surface area contributed by atoms with E-state index in [1.54, 1.807) is 51.1 Å². The van der Waals surface area contributed by atoms with Crippen molar-refractivity contribution in [1.82, 2.24) is 9.97 Å². The number of hydrogen-bond donors (Lipinski definition) is 3. The van der Waals surface area contributed by atoms with E-state index in [0.717, 1.165) is 0 Å². The topological polar surface area (TPSA) is 90.4 Å². The Labute approximate surface area is 184 Å². The minimum Gasteiger partial charge on any atom is -0.388 e. The van der Waals surface area contributed by atoms with E-state index in [-0.39, 0.29) is 17.8 Å². The fraction of sp³-hybridized carbons (Fsp3) is 0.227. The molecule has 3 aromatic rings. The van der Waals surface area contributed by atoms with Crippen molar-refractivity contribution in [2.45, 2.75) is 32.4 Å². The predicted octanol–water partition coefficient (Wildman–Crippen LogP) is 5.21. The number of halogens is 2. The van der Waals surface area contributed by atoms with Gasteiger partial charge in [0, 0.05) is 12.3 Å². The number of carbonyl (C=O) groups excluding carboxylic acids is 1. The quantitative estimate of drug-likeness (QED) is 0.486. The van der Waals surface area contributed by atoms with Gasteiger partial charge in [0.05, 0.1) is 28.0 Å². The van der Waals surface area contributed by atoms with Crippen molar-refractivity contribution in [3.63, 3.8) is 0 Å². The maximum atomic E-state index is 13.5. The molecule has 3 N–H and O–H groups in total. The summed E-state index contributed by atoms with van der Waals surface area (Å²) in [5, 5.41) is 16.3. The van der Waals surface area contributed by atoms with Gasteiger partial charge in [-0.2, -0.15) is 4.98 Å². The van der Waals surface area contributed by atoms with Crippen LogP contribution in [0.3, 0.4) is 0 Å². The first-order valence-electron chi connectivity index (χ1n) is 9.58. The summed E-state index contributed by atoms with van der Waals surface area (Å²) in [6, 6.07) is 12.9. The lowest BCUT2D eigenvalue weighted by atomic mass is 10.0. The van der Waals surface area contributed by atoms with E-state index in [4.69, 9.17) is 11.6 Å². The summed E-state index contributed by atoms with van der Waals surface area (Å²) in [6.07, 6.45) is 1.49. The minimum atomic E-state index is -1.02. The number of hydrogen-bond acceptors (Lipinski definition) is 5. The monoisotopic (exact) mass is 443 g/mol. The molecule has 7 nitrogen and oxygen atoms in total. The van der Waals surface area contributed by atoms with Crippen molar-refractivity contribution in [1.29, 1.82) is 0 Å². The molecule has 9 heteroatoms. The second-order valence-electron chi connectivity index (χ2n) is 7.48. The molecule has 1 heterocycles. The van der Waals surface area contributed by atoms with Crippen LogP contribution in [0, 0.1) is 5.82 Å². The van der Waals surface area contributed by atoms with E-state index < -0.39 is 17.4 Å². The van der Waals surface area contributed by atoms with Crippen molar-refractivity contribution in [2.75, 3.05) is 15.5 Å². The summed E-state index contributed by atoms with van der Waals surface area (Å²) in [6.45, 7) is 5.12. The van der Waals surface area contributed by atoms with Crippen molar-refractivity contribution < 1.29 is 14.3 Å². The maximum absolute atomic E-state index is 13.5. The Morgan fingerprint density at radius 1 is 1.16 bits per heavy atom. The third-order valence-electron chi connectivity index (χ3n) is 4.68. The molecule has 0 aliphatic carbocycles. The number of para-hydroxylation sites is 1. The zero-order chi connectivity index (χ0) is 22.6. The molecule has 2 aromatic carbocycles. The van der Waals surface area contributed by atoms with Crippen LogP contribution in [0.1, 0.15) is 20.8 Å². The molecule has 1 aromatic heterocycles. The molecule has 0 radical (unpaired) electrons. The molecule has 31 heavy (non-hydrogen) atoms. The van der Waals surface area contributed by atoms with Crippen molar-refractivity contribution in [3.05, 3.63) is 71.6 Å². The fourth-order valence-corrected chi connectivity index (χ4v) is 2.77. The average Bonchev–Trinajstić information content (AvgIpc) is 2.71. The smallest absolute Gasteiger partial charge is 0.332 e. The molecule has 1 unspecified atom stereocenters. The van der Waals surface area contributed by atoms with Gasteiger partial charge in [0.15, 0.2) is 0 Å². The number of nitrogens with zero attached hydrogens (tertiary/aromatic N) is 3. The molecule has 0 saturated heterocycles. The van der Waals surface area contributed by atoms with Crippen LogP contribution < -0.4 is 15.5 Å². The fourth-order valence-electron chi connectivity index (χ4n) is 2.59. The number of amides is 2. The van der Waals surface area contributed by atoms with Crippen LogP contribution in [-0.4, -0.2) is 32.7 Å². The number of aromatic nitrogens is 2. The molecule has 0 bridgehead atoms. The van der Waals surface area contributed by atoms with Crippen LogP contribution in [0.25, 0.3) is 0 Å². The number of rotatable bonds is 6. The van der Waals surface area contributed by atoms with Gasteiger partial charge in [-0.3, -0.25) is 0 Å². The van der Waals surface area contributed by atoms with Gasteiger partial charge in [0.25, 0.3) is 0 Å². The molecule has 0 aliphatic rings. The molecule has 0 fully saturated rings. The highest BCUT2D eigenvalue weighted by Crippen LogP contribution is 2.28. The Hall–Kier alpha value is -3.23. The SMILES string of the molecule is CC(Nc1nccc(N(C(=O)Nc2ccccc2Cl)c2ccc(F)cc2)n1)C(C)(C)O. The van der Waals surface area contributed by atoms with Crippen LogP contribution in [0.5, 0.6) is 0 Å². The second kappa shape index (κ2) is 9.28. The van der Waals surface area contributed by atoms with Crippen LogP contribution in [0.2, 0.25) is 5.02 Å². The van der Waals surface area contributed by atoms with E-state index >= 15 is 0 Å². The summed E-state index contributed by atoms with van der Waals surface area (Å²) in [4.78, 5) is 23.1. The van der Waals surface area contributed by atoms with E-state index in [1.165, 1.54) is 35.4 Å². The van der Waals surface area contributed by atoms with Gasteiger partial charge in [0.2, 0.25) is 5.95 Å². The Morgan fingerprint density at radius 3 is 2.48 bits per heavy atom. The minimum absolute atomic E-state index is 0.227. The van der Waals surface area contributed by atoms with Gasteiger partial charge in [-0.1, -0.05) is 23.7 Å². The standard InChI is InChI=1S/C22H23ClFN5O2/c1-14(22(2,3)31)26-20-25-13-12-19(28-20)29(16-10-8-15(24)9-11-16)21(30)27-18-7-5-4-6-17(18)23/h4-14,31H,1-3H3,(H,27,30)(H,25,26,28). The van der Waals surface area contributed by atoms with Gasteiger partial charge in [0.1, 0.15) is 11.6 Å². The first-order valence-corrected chi connectivity index (χ1v) is 9.96. The zero-order valence-electron chi connectivity index (χ0n) is 17.3. The van der Waals surface area contributed by atoms with Crippen LogP contribution in [-0.2, 0) is 0 Å². The molecule has 162 valence electrons. The van der Waals surface area contributed by atoms with Gasteiger partial charge >= 0.3 is 6.03 Å². The normalized spacial score (nSPS) is 12.2. The number of urea groups is 1. The molecule has 2 amide bonds. The third kappa shape index (κ3) is 5.68. The van der Waals surface area contributed by atoms with E-state index in [1.807, 2.05) is 0 Å². The zero-order valence-corrected chi connectivity index (χ0v) is 18.1. The van der Waals surface area contributed by atoms with E-state index in [2.05, 4.69) is 20.6 Å². The number of benzene rings is 2. The number of nitrogens with one attached hydrogen (secondary N) is 2. The van der Waals surface area contributed by atoms with E-state index in [0.29, 0.717) is 16.4 Å². The Morgan fingerprint density at radius 2 is 1.84 bits per heavy atom. The first kappa shape index (κ1) is 22.5. The molecule has 0 aliphatic heterocycles. The summed E-state index contributed by atoms with van der Waals surface area (Å²) < 4.78 is 13.5. The second-order valence-corrected chi connectivity index (χ2v) is 7.89. The highest BCUT2D eigenvalue weighted by Gasteiger charge is 2.24. The third-order valence-corrected chi connectivity index (χ3v) is 5.01. The van der Waals surface area contributed by atoms with E-state index in [9.17, 15) is 14.3 Å². The largest absolute Gasteiger partial charge is 0.388 e. The van der Waals surface area contributed by atoms with Crippen LogP contribution in [0.4, 0.5) is 32.3 Å². The number of aliphatic hydroxyl groups is 1. The molecule has 0 spiro atoms. The van der Waals surface area contributed by atoms with Gasteiger partial charge in [-0.05, 0) is 57.2 Å². The Balaban J connectivity index is 1.97. The molecular weight excluding hydrogens is 421 g/mol. The van der Waals surface area contributed by atoms with Crippen LogP contribution >= 0.6 is 11.6 Å². The highest BCUT2D eigenvalue weighted by atomic mass is 35.5. The number of carbonyl (C=O) groups is 1. The molecule has 1 atom stereocenters. The van der Waals surface area contributed by atoms with Gasteiger partial charge < -0.3 is 15.7 Å². The lowest BCUT2D eigenvalue weighted by molar-refractivity contribution is 0.0646. The lowest BCUT2D eigenvalue weighted by Gasteiger charge is -2.27. The molecule has 0 saturated carbocycles. The average molecular weight is 444 g/mol. The first-order chi connectivity index (χ1) is 14.6. The van der Waals surface area contributed by atoms with Crippen LogP contribution in [0.15, 0.2) is 60.8 Å². The summed E-state index contributed by atoms with van der Waals surface area (Å²) >= 11 is 6.17. The predicted molar refractivity (Wildman–Crippen MR) is 120 cm³/mol. The highest BCUT2D eigenvalue weighted by molar-refractivity contribution is 6.33. The molecular formula is C22H23ClFN5O2. The summed E-state index contributed by atoms with van der Waals surface area (Å²) in [7, 11) is 0.